The highest BCUT2D eigenvalue weighted by molar-refractivity contribution is 7.75. The Morgan fingerprint density at radius 2 is 1.96 bits per heavy atom. The fourth-order valence-corrected chi connectivity index (χ4v) is 3.66. The first-order chi connectivity index (χ1) is 11.4. The second-order valence-electron chi connectivity index (χ2n) is 6.45. The highest BCUT2D eigenvalue weighted by Crippen LogP contribution is 2.45. The predicted molar refractivity (Wildman–Crippen MR) is 103 cm³/mol. The number of hydrogen-bond donors (Lipinski definition) is 1. The van der Waals surface area contributed by atoms with Crippen molar-refractivity contribution in [3.05, 3.63) is 52.8 Å². The molecule has 0 radical (unpaired) electrons. The fraction of sp³-hybridized carbons (Fsp3) is 0.381. The molecule has 0 saturated heterocycles. The van der Waals surface area contributed by atoms with E-state index in [9.17, 15) is 4.79 Å². The van der Waals surface area contributed by atoms with E-state index in [0.29, 0.717) is 24.2 Å². The smallest absolute Gasteiger partial charge is 0.167 e. The minimum Gasteiger partial charge on any atom is -0.433 e. The molecule has 0 spiro atoms. The second-order valence-corrected chi connectivity index (χ2v) is 6.63. The van der Waals surface area contributed by atoms with E-state index in [4.69, 9.17) is 4.18 Å². The van der Waals surface area contributed by atoms with Gasteiger partial charge in [-0.1, -0.05) is 18.9 Å². The zero-order valence-electron chi connectivity index (χ0n) is 14.8. The largest absolute Gasteiger partial charge is 0.433 e. The number of carbonyl (C=O) groups excluding carboxylic acids is 1. The number of ketones is 1. The molecule has 0 amide bonds. The summed E-state index contributed by atoms with van der Waals surface area (Å²) in [6.07, 6.45) is 3.83. The first kappa shape index (κ1) is 18.4. The van der Waals surface area contributed by atoms with Crippen LogP contribution in [0.2, 0.25) is 0 Å². The van der Waals surface area contributed by atoms with Crippen LogP contribution in [0, 0.1) is 31.1 Å². The van der Waals surface area contributed by atoms with Gasteiger partial charge in [0.05, 0.1) is 5.57 Å². The summed E-state index contributed by atoms with van der Waals surface area (Å²) >= 11 is 4.02. The van der Waals surface area contributed by atoms with Crippen LogP contribution < -0.4 is 0 Å². The van der Waals surface area contributed by atoms with Crippen molar-refractivity contribution < 1.29 is 8.98 Å². The Kier molecular flexibility index (Phi) is 5.62. The average molecular weight is 340 g/mol. The molecule has 0 aliphatic heterocycles. The van der Waals surface area contributed by atoms with Crippen molar-refractivity contribution in [2.45, 2.75) is 47.0 Å². The maximum Gasteiger partial charge on any atom is 0.167 e. The lowest BCUT2D eigenvalue weighted by Crippen LogP contribution is -2.29. The maximum absolute atomic E-state index is 13.0. The number of Topliss-reactive ketones (excluding diaryl/α,β-unsaturated/α-hetero) is 1. The van der Waals surface area contributed by atoms with Crippen LogP contribution in [0.25, 0.3) is 5.57 Å². The molecule has 126 valence electrons. The van der Waals surface area contributed by atoms with Gasteiger partial charge in [-0.2, -0.15) is 0 Å². The minimum atomic E-state index is -0.242. The van der Waals surface area contributed by atoms with Crippen molar-refractivity contribution >= 4 is 24.3 Å². The molecule has 2 rings (SSSR count). The molecule has 1 aromatic rings. The summed E-state index contributed by atoms with van der Waals surface area (Å²) in [7, 11) is 0. The Bertz CT molecular complexity index is 754. The standard InChI is InChI=1S/C21H24O2S/c1-6-9-16-10-14(4)19(15(5)11-16)20-17(22)12-21(7-2,8-3)13-18(20)23-24/h7,10-11,24H,2,8,12-13H2,1,3-5H3. The number of carbonyl (C=O) groups is 1. The van der Waals surface area contributed by atoms with E-state index in [2.05, 4.69) is 38.3 Å². The van der Waals surface area contributed by atoms with Gasteiger partial charge in [-0.05, 0) is 56.0 Å². The highest BCUT2D eigenvalue weighted by atomic mass is 32.1. The van der Waals surface area contributed by atoms with Crippen LogP contribution in [0.1, 0.15) is 55.4 Å². The molecule has 1 atom stereocenters. The topological polar surface area (TPSA) is 26.3 Å². The number of thiol groups is 1. The highest BCUT2D eigenvalue weighted by Gasteiger charge is 2.38. The molecule has 1 aliphatic carbocycles. The van der Waals surface area contributed by atoms with Crippen molar-refractivity contribution in [3.8, 4) is 11.8 Å². The van der Waals surface area contributed by atoms with Crippen LogP contribution in [-0.2, 0) is 8.98 Å². The van der Waals surface area contributed by atoms with Crippen molar-refractivity contribution in [1.82, 2.24) is 0 Å². The van der Waals surface area contributed by atoms with Crippen LogP contribution in [0.4, 0.5) is 0 Å². The van der Waals surface area contributed by atoms with Crippen LogP contribution in [0.3, 0.4) is 0 Å². The third-order valence-electron chi connectivity index (χ3n) is 4.88. The third-order valence-corrected chi connectivity index (χ3v) is 5.10. The number of allylic oxidation sites excluding steroid dienone is 3. The minimum absolute atomic E-state index is 0.0903. The molecular weight excluding hydrogens is 316 g/mol. The van der Waals surface area contributed by atoms with Gasteiger partial charge < -0.3 is 4.18 Å². The molecule has 1 aliphatic rings. The van der Waals surface area contributed by atoms with E-state index in [0.717, 1.165) is 28.7 Å². The maximum atomic E-state index is 13.0. The quantitative estimate of drug-likeness (QED) is 0.353. The Balaban J connectivity index is 2.65. The first-order valence-corrected chi connectivity index (χ1v) is 8.53. The van der Waals surface area contributed by atoms with Gasteiger partial charge in [-0.3, -0.25) is 4.79 Å². The van der Waals surface area contributed by atoms with Crippen molar-refractivity contribution in [3.63, 3.8) is 0 Å². The molecule has 0 fully saturated rings. The van der Waals surface area contributed by atoms with E-state index in [1.165, 1.54) is 0 Å². The van der Waals surface area contributed by atoms with Gasteiger partial charge in [0.2, 0.25) is 0 Å². The van der Waals surface area contributed by atoms with Gasteiger partial charge in [0.1, 0.15) is 5.76 Å². The molecule has 0 N–H and O–H groups in total. The van der Waals surface area contributed by atoms with Crippen LogP contribution in [-0.4, -0.2) is 5.78 Å². The van der Waals surface area contributed by atoms with Gasteiger partial charge in [-0.15, -0.1) is 12.5 Å². The van der Waals surface area contributed by atoms with E-state index < -0.39 is 0 Å². The molecule has 1 unspecified atom stereocenters. The number of aryl methyl sites for hydroxylation is 2. The molecule has 1 aromatic carbocycles. The molecule has 0 bridgehead atoms. The van der Waals surface area contributed by atoms with Gasteiger partial charge in [0.25, 0.3) is 0 Å². The molecule has 0 heterocycles. The summed E-state index contributed by atoms with van der Waals surface area (Å²) in [6.45, 7) is 11.8. The zero-order chi connectivity index (χ0) is 17.9. The Morgan fingerprint density at radius 3 is 2.42 bits per heavy atom. The fourth-order valence-electron chi connectivity index (χ4n) is 3.50. The lowest BCUT2D eigenvalue weighted by atomic mass is 9.70. The van der Waals surface area contributed by atoms with E-state index in [-0.39, 0.29) is 11.2 Å². The van der Waals surface area contributed by atoms with Gasteiger partial charge >= 0.3 is 0 Å². The Labute approximate surface area is 150 Å². The molecule has 3 heteroatoms. The van der Waals surface area contributed by atoms with Crippen LogP contribution in [0.5, 0.6) is 0 Å². The molecular formula is C21H24O2S. The van der Waals surface area contributed by atoms with Crippen LogP contribution >= 0.6 is 12.9 Å². The van der Waals surface area contributed by atoms with E-state index in [1.807, 2.05) is 39.0 Å². The van der Waals surface area contributed by atoms with Crippen molar-refractivity contribution in [2.24, 2.45) is 5.41 Å². The normalized spacial score (nSPS) is 20.5. The summed E-state index contributed by atoms with van der Waals surface area (Å²) in [5, 5.41) is 0. The molecule has 0 saturated carbocycles. The van der Waals surface area contributed by atoms with Crippen LogP contribution in [0.15, 0.2) is 30.5 Å². The van der Waals surface area contributed by atoms with Crippen molar-refractivity contribution in [1.29, 1.82) is 0 Å². The molecule has 24 heavy (non-hydrogen) atoms. The zero-order valence-corrected chi connectivity index (χ0v) is 15.7. The Hall–Kier alpha value is -1.92. The first-order valence-electron chi connectivity index (χ1n) is 8.17. The second kappa shape index (κ2) is 7.32. The SMILES string of the molecule is C=CC1(CC)CC(=O)C(c2c(C)cc(C#CC)cc2C)=C(OS)C1. The molecule has 2 nitrogen and oxygen atoms in total. The summed E-state index contributed by atoms with van der Waals surface area (Å²) in [5.41, 5.74) is 4.38. The number of hydrogen-bond acceptors (Lipinski definition) is 3. The average Bonchev–Trinajstić information content (AvgIpc) is 2.55. The van der Waals surface area contributed by atoms with E-state index >= 15 is 0 Å². The summed E-state index contributed by atoms with van der Waals surface area (Å²) in [6, 6.07) is 4.04. The van der Waals surface area contributed by atoms with Gasteiger partial charge in [-0.25, -0.2) is 0 Å². The molecule has 0 aromatic heterocycles. The van der Waals surface area contributed by atoms with Crippen molar-refractivity contribution in [2.75, 3.05) is 0 Å². The summed E-state index contributed by atoms with van der Waals surface area (Å²) in [4.78, 5) is 13.0. The monoisotopic (exact) mass is 340 g/mol. The Morgan fingerprint density at radius 1 is 1.33 bits per heavy atom. The number of rotatable bonds is 4. The lowest BCUT2D eigenvalue weighted by Gasteiger charge is -2.34. The lowest BCUT2D eigenvalue weighted by molar-refractivity contribution is -0.116. The summed E-state index contributed by atoms with van der Waals surface area (Å²) in [5.74, 6) is 6.72. The van der Waals surface area contributed by atoms with Gasteiger partial charge in [0, 0.05) is 36.7 Å². The summed E-state index contributed by atoms with van der Waals surface area (Å²) < 4.78 is 5.35. The van der Waals surface area contributed by atoms with E-state index in [1.54, 1.807) is 0 Å². The predicted octanol–water partition coefficient (Wildman–Crippen LogP) is 5.19. The van der Waals surface area contributed by atoms with Gasteiger partial charge in [0.15, 0.2) is 5.78 Å². The third kappa shape index (κ3) is 3.30. The number of benzene rings is 1.